The Morgan fingerprint density at radius 3 is 2.78 bits per heavy atom. The fraction of sp³-hybridized carbons (Fsp3) is 0.200. The molecule has 0 bridgehead atoms. The summed E-state index contributed by atoms with van der Waals surface area (Å²) >= 11 is 0.900. The zero-order valence-corrected chi connectivity index (χ0v) is 18.0. The minimum Gasteiger partial charge on any atom is -0.317 e. The number of nitriles is 1. The first-order valence-corrected chi connectivity index (χ1v) is 11.7. The molecule has 8 nitrogen and oxygen atoms in total. The van der Waals surface area contributed by atoms with Crippen LogP contribution in [0.4, 0.5) is 14.5 Å². The third-order valence-electron chi connectivity index (χ3n) is 4.87. The van der Waals surface area contributed by atoms with Gasteiger partial charge in [-0.2, -0.15) is 9.57 Å². The summed E-state index contributed by atoms with van der Waals surface area (Å²) in [6.45, 7) is 0.256. The van der Waals surface area contributed by atoms with E-state index in [4.69, 9.17) is 5.26 Å². The van der Waals surface area contributed by atoms with Gasteiger partial charge in [0.2, 0.25) is 15.0 Å². The quantitative estimate of drug-likeness (QED) is 0.604. The Labute approximate surface area is 186 Å². The molecule has 1 atom stereocenters. The van der Waals surface area contributed by atoms with Crippen molar-refractivity contribution in [1.29, 1.82) is 5.26 Å². The van der Waals surface area contributed by atoms with E-state index in [-0.39, 0.29) is 27.7 Å². The zero-order chi connectivity index (χ0) is 22.9. The lowest BCUT2D eigenvalue weighted by molar-refractivity contribution is 0.102. The monoisotopic (exact) mass is 475 g/mol. The molecular weight excluding hydrogens is 460 g/mol. The average molecular weight is 476 g/mol. The molecule has 1 aliphatic heterocycles. The molecule has 1 N–H and O–H groups in total. The normalized spacial score (nSPS) is 16.6. The Morgan fingerprint density at radius 2 is 2.03 bits per heavy atom. The van der Waals surface area contributed by atoms with Crippen LogP contribution in [0.2, 0.25) is 0 Å². The molecule has 164 valence electrons. The van der Waals surface area contributed by atoms with E-state index in [0.717, 1.165) is 23.5 Å². The predicted octanol–water partition coefficient (Wildman–Crippen LogP) is 3.47. The first kappa shape index (κ1) is 21.9. The maximum atomic E-state index is 13.8. The third kappa shape index (κ3) is 4.22. The van der Waals surface area contributed by atoms with Gasteiger partial charge in [0.05, 0.1) is 28.3 Å². The van der Waals surface area contributed by atoms with Crippen LogP contribution in [0.1, 0.15) is 39.3 Å². The summed E-state index contributed by atoms with van der Waals surface area (Å²) in [7, 11) is -3.90. The number of halogens is 2. The number of nitrogens with one attached hydrogen (secondary N) is 1. The fourth-order valence-electron chi connectivity index (χ4n) is 3.36. The molecule has 3 aromatic rings. The maximum Gasteiger partial charge on any atom is 0.286 e. The summed E-state index contributed by atoms with van der Waals surface area (Å²) in [5.41, 5.74) is 0.0142. The van der Waals surface area contributed by atoms with Crippen LogP contribution in [-0.4, -0.2) is 35.4 Å². The van der Waals surface area contributed by atoms with Gasteiger partial charge in [-0.1, -0.05) is 17.4 Å². The Bertz CT molecular complexity index is 1340. The predicted molar refractivity (Wildman–Crippen MR) is 111 cm³/mol. The first-order chi connectivity index (χ1) is 15.3. The molecule has 2 heterocycles. The largest absolute Gasteiger partial charge is 0.317 e. The number of nitrogens with zero attached hydrogens (tertiary/aromatic N) is 4. The maximum absolute atomic E-state index is 13.8. The van der Waals surface area contributed by atoms with E-state index in [1.807, 2.05) is 6.07 Å². The summed E-state index contributed by atoms with van der Waals surface area (Å²) in [6.07, 6.45) is 1.07. The number of aromatic nitrogens is 2. The van der Waals surface area contributed by atoms with Crippen LogP contribution in [0, 0.1) is 23.0 Å². The number of hydrogen-bond donors (Lipinski definition) is 1. The van der Waals surface area contributed by atoms with Gasteiger partial charge in [-0.3, -0.25) is 4.79 Å². The Morgan fingerprint density at radius 1 is 1.22 bits per heavy atom. The van der Waals surface area contributed by atoms with Crippen LogP contribution in [-0.2, 0) is 10.0 Å². The van der Waals surface area contributed by atoms with Crippen molar-refractivity contribution in [2.24, 2.45) is 0 Å². The Hall–Kier alpha value is -3.27. The number of carbonyl (C=O) groups is 1. The Kier molecular flexibility index (Phi) is 5.96. The highest BCUT2D eigenvalue weighted by Crippen LogP contribution is 2.38. The second kappa shape index (κ2) is 8.70. The molecule has 1 aliphatic rings. The number of anilines is 1. The van der Waals surface area contributed by atoms with Gasteiger partial charge < -0.3 is 5.32 Å². The zero-order valence-electron chi connectivity index (χ0n) is 16.3. The SMILES string of the molecule is N#Cc1cccc(S(=O)(=O)N2CCCC2c2nnc(C(=O)Nc3ccc(F)cc3F)s2)c1. The topological polar surface area (TPSA) is 116 Å². The van der Waals surface area contributed by atoms with Crippen LogP contribution in [0.15, 0.2) is 47.4 Å². The molecule has 1 saturated heterocycles. The van der Waals surface area contributed by atoms with Crippen LogP contribution in [0.25, 0.3) is 0 Å². The average Bonchev–Trinajstić information content (AvgIpc) is 3.45. The molecule has 0 spiro atoms. The smallest absolute Gasteiger partial charge is 0.286 e. The van der Waals surface area contributed by atoms with Crippen molar-refractivity contribution in [2.45, 2.75) is 23.8 Å². The summed E-state index contributed by atoms with van der Waals surface area (Å²) in [5.74, 6) is -2.45. The van der Waals surface area contributed by atoms with Crippen molar-refractivity contribution in [3.05, 3.63) is 69.7 Å². The molecule has 1 unspecified atom stereocenters. The van der Waals surface area contributed by atoms with Gasteiger partial charge >= 0.3 is 0 Å². The molecule has 2 aromatic carbocycles. The van der Waals surface area contributed by atoms with Crippen LogP contribution in [0.5, 0.6) is 0 Å². The van der Waals surface area contributed by atoms with E-state index < -0.39 is 33.6 Å². The van der Waals surface area contributed by atoms with Gasteiger partial charge in [-0.25, -0.2) is 17.2 Å². The molecule has 12 heteroatoms. The highest BCUT2D eigenvalue weighted by Gasteiger charge is 2.38. The lowest BCUT2D eigenvalue weighted by Gasteiger charge is -2.22. The molecule has 0 aliphatic carbocycles. The van der Waals surface area contributed by atoms with E-state index in [0.29, 0.717) is 23.9 Å². The summed E-state index contributed by atoms with van der Waals surface area (Å²) < 4.78 is 54.4. The fourth-order valence-corrected chi connectivity index (χ4v) is 6.02. The summed E-state index contributed by atoms with van der Waals surface area (Å²) in [6, 6.07) is 9.78. The van der Waals surface area contributed by atoms with E-state index in [2.05, 4.69) is 15.5 Å². The van der Waals surface area contributed by atoms with Crippen molar-refractivity contribution in [2.75, 3.05) is 11.9 Å². The lowest BCUT2D eigenvalue weighted by atomic mass is 10.2. The molecule has 32 heavy (non-hydrogen) atoms. The van der Waals surface area contributed by atoms with Gasteiger partial charge in [-0.15, -0.1) is 10.2 Å². The molecule has 0 radical (unpaired) electrons. The molecule has 0 saturated carbocycles. The van der Waals surface area contributed by atoms with E-state index in [9.17, 15) is 22.0 Å². The van der Waals surface area contributed by atoms with Crippen LogP contribution < -0.4 is 5.32 Å². The second-order valence-corrected chi connectivity index (χ2v) is 9.84. The molecule has 4 rings (SSSR count). The molecule has 1 amide bonds. The lowest BCUT2D eigenvalue weighted by Crippen LogP contribution is -2.30. The molecule has 1 aromatic heterocycles. The van der Waals surface area contributed by atoms with Gasteiger partial charge in [0, 0.05) is 12.6 Å². The number of hydrogen-bond acceptors (Lipinski definition) is 7. The minimum atomic E-state index is -3.90. The number of rotatable bonds is 5. The van der Waals surface area contributed by atoms with Gasteiger partial charge in [0.1, 0.15) is 16.6 Å². The molecular formula is C20H15F2N5O3S2. The number of benzene rings is 2. The van der Waals surface area contributed by atoms with E-state index in [1.54, 1.807) is 0 Å². The summed E-state index contributed by atoms with van der Waals surface area (Å²) in [5, 5.41) is 19.4. The first-order valence-electron chi connectivity index (χ1n) is 9.41. The van der Waals surface area contributed by atoms with Crippen molar-refractivity contribution in [1.82, 2.24) is 14.5 Å². The van der Waals surface area contributed by atoms with Gasteiger partial charge in [-0.05, 0) is 43.2 Å². The summed E-state index contributed by atoms with van der Waals surface area (Å²) in [4.78, 5) is 12.4. The van der Waals surface area contributed by atoms with Crippen molar-refractivity contribution in [3.8, 4) is 6.07 Å². The highest BCUT2D eigenvalue weighted by molar-refractivity contribution is 7.89. The standard InChI is InChI=1S/C20H15F2N5O3S2/c21-13-6-7-16(15(22)10-13)24-18(28)20-26-25-19(31-20)17-5-2-8-27(17)32(29,30)14-4-1-3-12(9-14)11-23/h1,3-4,6-7,9-10,17H,2,5,8H2,(H,24,28). The second-order valence-electron chi connectivity index (χ2n) is 6.94. The van der Waals surface area contributed by atoms with Gasteiger partial charge in [0.25, 0.3) is 5.91 Å². The van der Waals surface area contributed by atoms with Gasteiger partial charge in [0.15, 0.2) is 0 Å². The number of sulfonamides is 1. The van der Waals surface area contributed by atoms with Crippen LogP contribution in [0.3, 0.4) is 0 Å². The molecule has 1 fully saturated rings. The van der Waals surface area contributed by atoms with Crippen molar-refractivity contribution < 1.29 is 22.0 Å². The van der Waals surface area contributed by atoms with Crippen molar-refractivity contribution in [3.63, 3.8) is 0 Å². The van der Waals surface area contributed by atoms with Crippen molar-refractivity contribution >= 4 is 33.0 Å². The number of amides is 1. The third-order valence-corrected chi connectivity index (χ3v) is 7.80. The highest BCUT2D eigenvalue weighted by atomic mass is 32.2. The minimum absolute atomic E-state index is 0.00211. The van der Waals surface area contributed by atoms with E-state index >= 15 is 0 Å². The van der Waals surface area contributed by atoms with E-state index in [1.165, 1.54) is 28.6 Å². The Balaban J connectivity index is 1.56. The van der Waals surface area contributed by atoms with Crippen LogP contribution >= 0.6 is 11.3 Å². The number of carbonyl (C=O) groups excluding carboxylic acids is 1.